The van der Waals surface area contributed by atoms with E-state index in [2.05, 4.69) is 35.0 Å². The van der Waals surface area contributed by atoms with E-state index in [-0.39, 0.29) is 6.10 Å². The zero-order valence-corrected chi connectivity index (χ0v) is 15.6. The molecule has 130 valence electrons. The molecule has 1 rings (SSSR count). The smallest absolute Gasteiger partial charge is 0.251 e. The highest BCUT2D eigenvalue weighted by atomic mass is 16.5. The second-order valence-electron chi connectivity index (χ2n) is 5.47. The zero-order valence-electron chi connectivity index (χ0n) is 15.6. The molecule has 0 aliphatic carbocycles. The lowest BCUT2D eigenvalue weighted by atomic mass is 10.1. The predicted octanol–water partition coefficient (Wildman–Crippen LogP) is 4.55. The summed E-state index contributed by atoms with van der Waals surface area (Å²) in [6.07, 6.45) is 6.14. The fourth-order valence-corrected chi connectivity index (χ4v) is 2.01. The van der Waals surface area contributed by atoms with Crippen LogP contribution in [0.3, 0.4) is 0 Å². The Kier molecular flexibility index (Phi) is 7.52. The fourth-order valence-electron chi connectivity index (χ4n) is 2.01. The molecule has 0 fully saturated rings. The molecule has 1 aromatic rings. The van der Waals surface area contributed by atoms with Crippen molar-refractivity contribution >= 4 is 23.1 Å². The number of aliphatic imine (C=N–C) groups is 1. The lowest BCUT2D eigenvalue weighted by molar-refractivity contribution is 0.171. The van der Waals surface area contributed by atoms with Gasteiger partial charge in [-0.2, -0.15) is 4.98 Å². The minimum atomic E-state index is -0.171. The van der Waals surface area contributed by atoms with Crippen molar-refractivity contribution in [2.45, 2.75) is 40.2 Å². The molecule has 0 radical (unpaired) electrons. The SMILES string of the molecule is C=CC(=Nc1ncc(C(=C)CC)c(N(C)C(C)=CC)n1)C(C)OC. The summed E-state index contributed by atoms with van der Waals surface area (Å²) in [5, 5.41) is 0. The quantitative estimate of drug-likeness (QED) is 0.657. The molecule has 0 aliphatic heterocycles. The molecule has 0 bridgehead atoms. The standard InChI is InChI=1S/C19H28N4O/c1-9-13(4)16-12-20-19(21-17(11-3)15(6)24-8)22-18(16)23(7)14(5)10-2/h10-12,15H,3-4,9H2,1-2,5-8H3. The maximum absolute atomic E-state index is 5.30. The van der Waals surface area contributed by atoms with Gasteiger partial charge in [0.05, 0.1) is 11.8 Å². The highest BCUT2D eigenvalue weighted by Crippen LogP contribution is 2.28. The molecule has 0 N–H and O–H groups in total. The summed E-state index contributed by atoms with van der Waals surface area (Å²) in [5.74, 6) is 1.17. The van der Waals surface area contributed by atoms with E-state index >= 15 is 0 Å². The Morgan fingerprint density at radius 3 is 2.67 bits per heavy atom. The van der Waals surface area contributed by atoms with Crippen LogP contribution < -0.4 is 4.90 Å². The van der Waals surface area contributed by atoms with E-state index in [1.807, 2.05) is 38.8 Å². The topological polar surface area (TPSA) is 50.6 Å². The number of hydrogen-bond acceptors (Lipinski definition) is 5. The van der Waals surface area contributed by atoms with Crippen LogP contribution >= 0.6 is 0 Å². The molecule has 1 unspecified atom stereocenters. The Balaban J connectivity index is 3.45. The molecule has 0 saturated heterocycles. The molecule has 0 spiro atoms. The van der Waals surface area contributed by atoms with Gasteiger partial charge < -0.3 is 9.64 Å². The zero-order chi connectivity index (χ0) is 18.3. The van der Waals surface area contributed by atoms with E-state index in [1.54, 1.807) is 19.4 Å². The van der Waals surface area contributed by atoms with Crippen LogP contribution in [-0.2, 0) is 4.74 Å². The maximum Gasteiger partial charge on any atom is 0.251 e. The highest BCUT2D eigenvalue weighted by Gasteiger charge is 2.15. The number of allylic oxidation sites excluding steroid dienone is 3. The van der Waals surface area contributed by atoms with Gasteiger partial charge in [-0.25, -0.2) is 9.98 Å². The Morgan fingerprint density at radius 1 is 1.50 bits per heavy atom. The first-order chi connectivity index (χ1) is 11.4. The average Bonchev–Trinajstić information content (AvgIpc) is 2.63. The first kappa shape index (κ1) is 19.8. The Morgan fingerprint density at radius 2 is 2.17 bits per heavy atom. The number of anilines is 1. The molecule has 0 aromatic carbocycles. The van der Waals surface area contributed by atoms with E-state index < -0.39 is 0 Å². The first-order valence-corrected chi connectivity index (χ1v) is 8.05. The predicted molar refractivity (Wildman–Crippen MR) is 103 cm³/mol. The second kappa shape index (κ2) is 9.13. The van der Waals surface area contributed by atoms with Crippen molar-refractivity contribution in [3.63, 3.8) is 0 Å². The summed E-state index contributed by atoms with van der Waals surface area (Å²) >= 11 is 0. The molecular weight excluding hydrogens is 300 g/mol. The van der Waals surface area contributed by atoms with Crippen molar-refractivity contribution in [3.8, 4) is 0 Å². The van der Waals surface area contributed by atoms with Gasteiger partial charge in [0.25, 0.3) is 5.95 Å². The third-order valence-corrected chi connectivity index (χ3v) is 4.04. The number of ether oxygens (including phenoxy) is 1. The van der Waals surface area contributed by atoms with Crippen LogP contribution in [0.15, 0.2) is 42.2 Å². The third-order valence-electron chi connectivity index (χ3n) is 4.04. The highest BCUT2D eigenvalue weighted by molar-refractivity contribution is 5.99. The van der Waals surface area contributed by atoms with Gasteiger partial charge in [0.15, 0.2) is 0 Å². The normalized spacial score (nSPS) is 13.6. The van der Waals surface area contributed by atoms with Gasteiger partial charge in [0, 0.05) is 31.6 Å². The maximum atomic E-state index is 5.30. The van der Waals surface area contributed by atoms with Crippen LogP contribution in [0.5, 0.6) is 0 Å². The van der Waals surface area contributed by atoms with Gasteiger partial charge >= 0.3 is 0 Å². The van der Waals surface area contributed by atoms with Crippen LogP contribution in [0, 0.1) is 0 Å². The molecule has 1 aromatic heterocycles. The molecular formula is C19H28N4O. The van der Waals surface area contributed by atoms with Crippen molar-refractivity contribution in [2.24, 2.45) is 4.99 Å². The number of nitrogens with zero attached hydrogens (tertiary/aromatic N) is 4. The number of aromatic nitrogens is 2. The van der Waals surface area contributed by atoms with Gasteiger partial charge in [-0.3, -0.25) is 0 Å². The van der Waals surface area contributed by atoms with E-state index in [4.69, 9.17) is 4.74 Å². The van der Waals surface area contributed by atoms with Gasteiger partial charge in [-0.05, 0) is 38.8 Å². The lowest BCUT2D eigenvalue weighted by Crippen LogP contribution is -2.19. The van der Waals surface area contributed by atoms with Gasteiger partial charge in [-0.1, -0.05) is 26.2 Å². The Bertz CT molecular complexity index is 661. The summed E-state index contributed by atoms with van der Waals surface area (Å²) in [6, 6.07) is 0. The third kappa shape index (κ3) is 4.61. The van der Waals surface area contributed by atoms with Crippen molar-refractivity contribution in [3.05, 3.63) is 42.8 Å². The summed E-state index contributed by atoms with van der Waals surface area (Å²) in [5.41, 5.74) is 3.70. The van der Waals surface area contributed by atoms with Crippen LogP contribution in [0.4, 0.5) is 11.8 Å². The number of methoxy groups -OCH3 is 1. The van der Waals surface area contributed by atoms with E-state index in [1.165, 1.54) is 0 Å². The first-order valence-electron chi connectivity index (χ1n) is 8.05. The van der Waals surface area contributed by atoms with Crippen LogP contribution in [0.2, 0.25) is 0 Å². The van der Waals surface area contributed by atoms with Crippen molar-refractivity contribution in [1.29, 1.82) is 0 Å². The minimum Gasteiger partial charge on any atom is -0.375 e. The molecule has 1 atom stereocenters. The van der Waals surface area contributed by atoms with E-state index in [0.29, 0.717) is 11.7 Å². The number of hydrogen-bond donors (Lipinski definition) is 0. The Hall–Kier alpha value is -2.27. The lowest BCUT2D eigenvalue weighted by Gasteiger charge is -2.22. The second-order valence-corrected chi connectivity index (χ2v) is 5.47. The number of rotatable bonds is 8. The minimum absolute atomic E-state index is 0.171. The fraction of sp³-hybridized carbons (Fsp3) is 0.421. The van der Waals surface area contributed by atoms with Crippen LogP contribution in [-0.4, -0.2) is 35.9 Å². The van der Waals surface area contributed by atoms with Crippen LogP contribution in [0.1, 0.15) is 39.7 Å². The van der Waals surface area contributed by atoms with E-state index in [0.717, 1.165) is 29.1 Å². The average molecular weight is 328 g/mol. The summed E-state index contributed by atoms with van der Waals surface area (Å²) in [6.45, 7) is 15.9. The van der Waals surface area contributed by atoms with E-state index in [9.17, 15) is 0 Å². The molecule has 0 saturated carbocycles. The summed E-state index contributed by atoms with van der Waals surface area (Å²) in [7, 11) is 3.61. The van der Waals surface area contributed by atoms with Gasteiger partial charge in [-0.15, -0.1) is 0 Å². The molecule has 24 heavy (non-hydrogen) atoms. The molecule has 5 heteroatoms. The van der Waals surface area contributed by atoms with Crippen LogP contribution in [0.25, 0.3) is 5.57 Å². The Labute approximate surface area is 145 Å². The summed E-state index contributed by atoms with van der Waals surface area (Å²) < 4.78 is 5.30. The monoisotopic (exact) mass is 328 g/mol. The van der Waals surface area contributed by atoms with Crippen molar-refractivity contribution in [2.75, 3.05) is 19.1 Å². The van der Waals surface area contributed by atoms with Gasteiger partial charge in [0.1, 0.15) is 5.82 Å². The molecule has 0 aliphatic rings. The molecule has 0 amide bonds. The van der Waals surface area contributed by atoms with Crippen molar-refractivity contribution in [1.82, 2.24) is 9.97 Å². The van der Waals surface area contributed by atoms with Gasteiger partial charge in [0.2, 0.25) is 0 Å². The summed E-state index contributed by atoms with van der Waals surface area (Å²) in [4.78, 5) is 15.5. The molecule has 1 heterocycles. The molecule has 5 nitrogen and oxygen atoms in total. The van der Waals surface area contributed by atoms with Crippen molar-refractivity contribution < 1.29 is 4.74 Å². The largest absolute Gasteiger partial charge is 0.375 e.